The first kappa shape index (κ1) is 25.2. The van der Waals surface area contributed by atoms with E-state index in [0.29, 0.717) is 5.69 Å². The molecule has 0 radical (unpaired) electrons. The summed E-state index contributed by atoms with van der Waals surface area (Å²) in [7, 11) is 1.28. The van der Waals surface area contributed by atoms with Crippen molar-refractivity contribution in [1.29, 1.82) is 0 Å². The molecule has 0 amide bonds. The second-order valence-electron chi connectivity index (χ2n) is 9.31. The summed E-state index contributed by atoms with van der Waals surface area (Å²) >= 11 is 0. The summed E-state index contributed by atoms with van der Waals surface area (Å²) in [4.78, 5) is 46.1. The number of methoxy groups -OCH3 is 1. The number of aromatic amines is 1. The lowest BCUT2D eigenvalue weighted by atomic mass is 9.96. The maximum atomic E-state index is 13.6. The Morgan fingerprint density at radius 1 is 1.08 bits per heavy atom. The summed E-state index contributed by atoms with van der Waals surface area (Å²) < 4.78 is 13.2. The van der Waals surface area contributed by atoms with E-state index in [9.17, 15) is 14.4 Å². The Bertz CT molecular complexity index is 1400. The van der Waals surface area contributed by atoms with Crippen LogP contribution in [0, 0.1) is 12.8 Å². The number of esters is 1. The number of rotatable bonds is 8. The summed E-state index contributed by atoms with van der Waals surface area (Å²) in [5.41, 5.74) is 1.44. The number of hydrogen-bond donors (Lipinski definition) is 1. The van der Waals surface area contributed by atoms with E-state index in [1.807, 2.05) is 43.3 Å². The molecule has 1 heterocycles. The normalized spacial score (nSPS) is 15.7. The first-order valence-electron chi connectivity index (χ1n) is 12.2. The van der Waals surface area contributed by atoms with Crippen LogP contribution < -0.4 is 21.7 Å². The van der Waals surface area contributed by atoms with E-state index >= 15 is 0 Å². The maximum Gasteiger partial charge on any atom is 0.335 e. The lowest BCUT2D eigenvalue weighted by Crippen LogP contribution is -2.52. The van der Waals surface area contributed by atoms with Gasteiger partial charge in [0, 0.05) is 0 Å². The van der Waals surface area contributed by atoms with Gasteiger partial charge < -0.3 is 9.47 Å². The molecule has 1 fully saturated rings. The molecule has 0 unspecified atom stereocenters. The van der Waals surface area contributed by atoms with Crippen molar-refractivity contribution in [3.8, 4) is 5.75 Å². The van der Waals surface area contributed by atoms with Crippen LogP contribution in [0.5, 0.6) is 5.75 Å². The van der Waals surface area contributed by atoms with E-state index in [2.05, 4.69) is 9.98 Å². The molecular formula is C27H32N4O5. The highest BCUT2D eigenvalue weighted by Crippen LogP contribution is 2.26. The van der Waals surface area contributed by atoms with Crippen molar-refractivity contribution in [2.45, 2.75) is 58.7 Å². The average Bonchev–Trinajstić information content (AvgIpc) is 2.84. The Balaban J connectivity index is 1.78. The molecule has 1 N–H and O–H groups in total. The first-order valence-corrected chi connectivity index (χ1v) is 12.2. The molecule has 9 heteroatoms. The van der Waals surface area contributed by atoms with Crippen LogP contribution in [0.15, 0.2) is 63.1 Å². The number of aromatic nitrogens is 3. The zero-order chi connectivity index (χ0) is 25.8. The molecule has 190 valence electrons. The molecular weight excluding hydrogens is 460 g/mol. The zero-order valence-electron chi connectivity index (χ0n) is 21.1. The van der Waals surface area contributed by atoms with Crippen molar-refractivity contribution in [3.63, 3.8) is 0 Å². The minimum atomic E-state index is -0.727. The third-order valence-corrected chi connectivity index (χ3v) is 6.72. The molecule has 2 atom stereocenters. The number of aryl methyl sites for hydroxylation is 1. The Hall–Kier alpha value is -3.88. The third-order valence-electron chi connectivity index (χ3n) is 6.72. The van der Waals surface area contributed by atoms with Crippen molar-refractivity contribution in [2.24, 2.45) is 10.9 Å². The summed E-state index contributed by atoms with van der Waals surface area (Å²) in [5.74, 6) is -0.440. The Kier molecular flexibility index (Phi) is 7.57. The molecule has 1 saturated carbocycles. The maximum absolute atomic E-state index is 13.6. The van der Waals surface area contributed by atoms with Gasteiger partial charge in [-0.2, -0.15) is 0 Å². The van der Waals surface area contributed by atoms with Crippen molar-refractivity contribution < 1.29 is 14.3 Å². The molecule has 2 aromatic carbocycles. The average molecular weight is 493 g/mol. The van der Waals surface area contributed by atoms with E-state index in [1.165, 1.54) is 18.1 Å². The van der Waals surface area contributed by atoms with Crippen molar-refractivity contribution in [3.05, 3.63) is 86.2 Å². The second-order valence-corrected chi connectivity index (χ2v) is 9.31. The molecule has 3 aromatic rings. The van der Waals surface area contributed by atoms with Gasteiger partial charge in [-0.1, -0.05) is 29.8 Å². The number of nitrogens with one attached hydrogen (secondary N) is 1. The lowest BCUT2D eigenvalue weighted by molar-refractivity contribution is -0.146. The van der Waals surface area contributed by atoms with Gasteiger partial charge in [0.1, 0.15) is 5.75 Å². The number of ether oxygens (including phenoxy) is 2. The summed E-state index contributed by atoms with van der Waals surface area (Å²) in [6, 6.07) is 14.3. The quantitative estimate of drug-likeness (QED) is 0.486. The minimum Gasteiger partial charge on any atom is -0.490 e. The van der Waals surface area contributed by atoms with Crippen LogP contribution in [0.4, 0.5) is 5.69 Å². The van der Waals surface area contributed by atoms with Gasteiger partial charge in [0.05, 0.1) is 37.4 Å². The van der Waals surface area contributed by atoms with Gasteiger partial charge in [0.2, 0.25) is 5.62 Å². The van der Waals surface area contributed by atoms with Crippen LogP contribution in [-0.4, -0.2) is 33.3 Å². The monoisotopic (exact) mass is 492 g/mol. The molecule has 4 rings (SSSR count). The number of nitrogens with zero attached hydrogens (tertiary/aromatic N) is 3. The topological polar surface area (TPSA) is 108 Å². The Labute approximate surface area is 209 Å². The fourth-order valence-corrected chi connectivity index (χ4v) is 4.01. The van der Waals surface area contributed by atoms with E-state index in [4.69, 9.17) is 9.47 Å². The lowest BCUT2D eigenvalue weighted by Gasteiger charge is -2.26. The Morgan fingerprint density at radius 2 is 1.75 bits per heavy atom. The largest absolute Gasteiger partial charge is 0.490 e. The smallest absolute Gasteiger partial charge is 0.335 e. The first-order chi connectivity index (χ1) is 17.3. The van der Waals surface area contributed by atoms with Gasteiger partial charge in [0.25, 0.3) is 0 Å². The van der Waals surface area contributed by atoms with Gasteiger partial charge in [-0.05, 0) is 69.9 Å². The molecule has 1 aliphatic rings. The van der Waals surface area contributed by atoms with Crippen LogP contribution in [0.2, 0.25) is 0 Å². The van der Waals surface area contributed by atoms with Gasteiger partial charge in [-0.15, -0.1) is 0 Å². The van der Waals surface area contributed by atoms with Gasteiger partial charge >= 0.3 is 17.3 Å². The molecule has 0 aliphatic heterocycles. The van der Waals surface area contributed by atoms with E-state index in [-0.39, 0.29) is 18.3 Å². The fourth-order valence-electron chi connectivity index (χ4n) is 4.01. The number of carbonyl (C=O) groups is 1. The van der Waals surface area contributed by atoms with Crippen LogP contribution in [0.1, 0.15) is 50.3 Å². The third kappa shape index (κ3) is 5.50. The highest BCUT2D eigenvalue weighted by molar-refractivity contribution is 5.72. The summed E-state index contributed by atoms with van der Waals surface area (Å²) in [5, 5.41) is 0. The number of hydrogen-bond acceptors (Lipinski definition) is 6. The zero-order valence-corrected chi connectivity index (χ0v) is 21.1. The standard InChI is InChI=1S/C27H32N4O5/c1-17-8-10-20(11-9-17)16-30-25(28-21-12-14-23(15-13-21)36-22-6-5-7-22)29-26(33)31(27(30)34)19(3)18(2)24(32)35-4/h8-15,18-19,22H,5-7,16H2,1-4H3,(H,28,29,33)/t18-,19+/m0/s1. The molecule has 0 bridgehead atoms. The molecule has 0 spiro atoms. The molecule has 9 nitrogen and oxygen atoms in total. The summed E-state index contributed by atoms with van der Waals surface area (Å²) in [6.07, 6.45) is 3.59. The van der Waals surface area contributed by atoms with Crippen molar-refractivity contribution in [2.75, 3.05) is 7.11 Å². The fraction of sp³-hybridized carbons (Fsp3) is 0.407. The number of benzene rings is 2. The molecule has 36 heavy (non-hydrogen) atoms. The van der Waals surface area contributed by atoms with Gasteiger partial charge in [0.15, 0.2) is 0 Å². The van der Waals surface area contributed by atoms with Crippen molar-refractivity contribution >= 4 is 11.7 Å². The number of carbonyl (C=O) groups excluding carboxylic acids is 1. The van der Waals surface area contributed by atoms with Crippen molar-refractivity contribution in [1.82, 2.24) is 14.1 Å². The predicted molar refractivity (Wildman–Crippen MR) is 135 cm³/mol. The van der Waals surface area contributed by atoms with Crippen LogP contribution in [0.25, 0.3) is 0 Å². The summed E-state index contributed by atoms with van der Waals surface area (Å²) in [6.45, 7) is 5.44. The van der Waals surface area contributed by atoms with E-state index in [1.54, 1.807) is 26.0 Å². The SMILES string of the molecule is COC(=O)[C@@H](C)[C@@H](C)n1c(=O)[nH]/c(=N\c2ccc(OC3CCC3)cc2)n(Cc2ccc(C)cc2)c1=O. The number of H-pyrrole nitrogens is 1. The molecule has 0 saturated heterocycles. The second kappa shape index (κ2) is 10.8. The van der Waals surface area contributed by atoms with Gasteiger partial charge in [-0.25, -0.2) is 19.1 Å². The van der Waals surface area contributed by atoms with Crippen LogP contribution in [-0.2, 0) is 16.1 Å². The van der Waals surface area contributed by atoms with Crippen LogP contribution >= 0.6 is 0 Å². The predicted octanol–water partition coefficient (Wildman–Crippen LogP) is 3.23. The molecule has 1 aromatic heterocycles. The minimum absolute atomic E-state index is 0.118. The van der Waals surface area contributed by atoms with E-state index in [0.717, 1.165) is 34.3 Å². The highest BCUT2D eigenvalue weighted by Gasteiger charge is 2.26. The van der Waals surface area contributed by atoms with Gasteiger partial charge in [-0.3, -0.25) is 14.3 Å². The van der Waals surface area contributed by atoms with E-state index < -0.39 is 29.3 Å². The van der Waals surface area contributed by atoms with Crippen LogP contribution in [0.3, 0.4) is 0 Å². The molecule has 1 aliphatic carbocycles. The highest BCUT2D eigenvalue weighted by atomic mass is 16.5. The Morgan fingerprint density at radius 3 is 2.33 bits per heavy atom.